The molecule has 2 aromatic heterocycles. The van der Waals surface area contributed by atoms with Crippen molar-refractivity contribution in [3.63, 3.8) is 0 Å². The third kappa shape index (κ3) is 1.85. The molecule has 8 heteroatoms. The molecule has 8 nitrogen and oxygen atoms in total. The Hall–Kier alpha value is -2.35. The summed E-state index contributed by atoms with van der Waals surface area (Å²) in [6, 6.07) is 4.33. The molecule has 3 rings (SSSR count). The number of aromatic amines is 1. The van der Waals surface area contributed by atoms with Gasteiger partial charge in [-0.2, -0.15) is 4.57 Å². The molecule has 19 heavy (non-hydrogen) atoms. The summed E-state index contributed by atoms with van der Waals surface area (Å²) in [6.45, 7) is 1.40. The maximum Gasteiger partial charge on any atom is 0.353 e. The molecule has 0 radical (unpaired) electrons. The molecule has 0 aliphatic carbocycles. The lowest BCUT2D eigenvalue weighted by molar-refractivity contribution is 0.137. The first-order valence-electron chi connectivity index (χ1n) is 5.88. The summed E-state index contributed by atoms with van der Waals surface area (Å²) >= 11 is 0. The SMILES string of the molecule is O=c1cccc(-n2c(=O)n3n(c2=O)CCOCC3)[nH]1. The van der Waals surface area contributed by atoms with Crippen molar-refractivity contribution >= 4 is 0 Å². The van der Waals surface area contributed by atoms with Crippen molar-refractivity contribution < 1.29 is 4.74 Å². The van der Waals surface area contributed by atoms with Gasteiger partial charge in [-0.15, -0.1) is 0 Å². The molecule has 0 saturated carbocycles. The van der Waals surface area contributed by atoms with E-state index in [4.69, 9.17) is 4.74 Å². The van der Waals surface area contributed by atoms with Gasteiger partial charge in [0, 0.05) is 6.07 Å². The van der Waals surface area contributed by atoms with Gasteiger partial charge >= 0.3 is 11.4 Å². The van der Waals surface area contributed by atoms with E-state index < -0.39 is 11.4 Å². The van der Waals surface area contributed by atoms with E-state index in [0.29, 0.717) is 26.3 Å². The Morgan fingerprint density at radius 2 is 1.63 bits per heavy atom. The van der Waals surface area contributed by atoms with Crippen LogP contribution in [0.4, 0.5) is 0 Å². The standard InChI is InChI=1S/C11H12N4O4/c16-9-3-1-2-8(12-9)15-10(17)13-4-6-19-7-5-14(13)11(15)18/h1-3H,4-7H2,(H,12,16). The van der Waals surface area contributed by atoms with Crippen LogP contribution in [0.25, 0.3) is 5.82 Å². The van der Waals surface area contributed by atoms with Crippen molar-refractivity contribution in [2.75, 3.05) is 13.2 Å². The Labute approximate surface area is 106 Å². The number of nitrogens with one attached hydrogen (secondary N) is 1. The van der Waals surface area contributed by atoms with Gasteiger partial charge in [0.2, 0.25) is 5.56 Å². The summed E-state index contributed by atoms with van der Waals surface area (Å²) in [6.07, 6.45) is 0. The minimum Gasteiger partial charge on any atom is -0.378 e. The van der Waals surface area contributed by atoms with E-state index in [0.717, 1.165) is 4.57 Å². The minimum absolute atomic E-state index is 0.177. The highest BCUT2D eigenvalue weighted by atomic mass is 16.5. The van der Waals surface area contributed by atoms with Crippen molar-refractivity contribution in [2.24, 2.45) is 0 Å². The van der Waals surface area contributed by atoms with E-state index in [9.17, 15) is 14.4 Å². The summed E-state index contributed by atoms with van der Waals surface area (Å²) in [5.74, 6) is 0.177. The topological polar surface area (TPSA) is 91.0 Å². The van der Waals surface area contributed by atoms with Crippen molar-refractivity contribution in [2.45, 2.75) is 13.1 Å². The highest BCUT2D eigenvalue weighted by Gasteiger charge is 2.19. The molecule has 0 atom stereocenters. The summed E-state index contributed by atoms with van der Waals surface area (Å²) in [5, 5.41) is 0. The first-order chi connectivity index (χ1) is 9.18. The Morgan fingerprint density at radius 1 is 1.00 bits per heavy atom. The lowest BCUT2D eigenvalue weighted by atomic mass is 10.4. The molecular formula is C11H12N4O4. The van der Waals surface area contributed by atoms with E-state index in [2.05, 4.69) is 4.98 Å². The first-order valence-corrected chi connectivity index (χ1v) is 5.88. The van der Waals surface area contributed by atoms with Gasteiger partial charge < -0.3 is 9.72 Å². The normalized spacial score (nSPS) is 14.9. The van der Waals surface area contributed by atoms with Gasteiger partial charge in [-0.1, -0.05) is 6.07 Å². The van der Waals surface area contributed by atoms with E-state index in [-0.39, 0.29) is 11.4 Å². The summed E-state index contributed by atoms with van der Waals surface area (Å²) < 4.78 is 8.86. The Balaban J connectivity index is 2.27. The fourth-order valence-corrected chi connectivity index (χ4v) is 2.13. The highest BCUT2D eigenvalue weighted by Crippen LogP contribution is 1.96. The van der Waals surface area contributed by atoms with E-state index in [1.807, 2.05) is 0 Å². The van der Waals surface area contributed by atoms with Crippen LogP contribution in [-0.2, 0) is 17.8 Å². The molecule has 1 aliphatic heterocycles. The van der Waals surface area contributed by atoms with Crippen LogP contribution in [0, 0.1) is 0 Å². The molecule has 0 spiro atoms. The lowest BCUT2D eigenvalue weighted by Crippen LogP contribution is -2.30. The van der Waals surface area contributed by atoms with Crippen LogP contribution in [0.15, 0.2) is 32.6 Å². The molecule has 0 aromatic carbocycles. The fourth-order valence-electron chi connectivity index (χ4n) is 2.13. The van der Waals surface area contributed by atoms with Crippen LogP contribution in [0.3, 0.4) is 0 Å². The summed E-state index contributed by atoms with van der Waals surface area (Å²) in [5.41, 5.74) is -1.31. The second-order valence-electron chi connectivity index (χ2n) is 4.16. The zero-order valence-corrected chi connectivity index (χ0v) is 10.0. The lowest BCUT2D eigenvalue weighted by Gasteiger charge is -2.00. The fraction of sp³-hybridized carbons (Fsp3) is 0.364. The van der Waals surface area contributed by atoms with Crippen LogP contribution in [-0.4, -0.2) is 32.1 Å². The number of hydrogen-bond acceptors (Lipinski definition) is 4. The maximum absolute atomic E-state index is 12.2. The Bertz CT molecular complexity index is 741. The maximum atomic E-state index is 12.2. The molecule has 0 saturated heterocycles. The van der Waals surface area contributed by atoms with Crippen LogP contribution in [0.2, 0.25) is 0 Å². The summed E-state index contributed by atoms with van der Waals surface area (Å²) in [7, 11) is 0. The van der Waals surface area contributed by atoms with Crippen molar-refractivity contribution in [1.82, 2.24) is 18.9 Å². The third-order valence-corrected chi connectivity index (χ3v) is 3.00. The van der Waals surface area contributed by atoms with E-state index >= 15 is 0 Å². The van der Waals surface area contributed by atoms with Gasteiger partial charge in [0.15, 0.2) is 0 Å². The molecular weight excluding hydrogens is 252 g/mol. The van der Waals surface area contributed by atoms with Gasteiger partial charge in [-0.3, -0.25) is 4.79 Å². The van der Waals surface area contributed by atoms with Crippen molar-refractivity contribution in [3.8, 4) is 5.82 Å². The molecule has 0 fully saturated rings. The van der Waals surface area contributed by atoms with E-state index in [1.165, 1.54) is 27.6 Å². The number of ether oxygens (including phenoxy) is 1. The molecule has 3 heterocycles. The molecule has 100 valence electrons. The average Bonchev–Trinajstić information content (AvgIpc) is 2.59. The predicted octanol–water partition coefficient (Wildman–Crippen LogP) is -1.48. The number of hydrogen-bond donors (Lipinski definition) is 1. The molecule has 1 aliphatic rings. The van der Waals surface area contributed by atoms with Gasteiger partial charge in [0.1, 0.15) is 5.82 Å². The molecule has 0 bridgehead atoms. The first kappa shape index (κ1) is 11.7. The Kier molecular flexibility index (Phi) is 2.71. The van der Waals surface area contributed by atoms with Crippen LogP contribution in [0.1, 0.15) is 0 Å². The summed E-state index contributed by atoms with van der Waals surface area (Å²) in [4.78, 5) is 38.2. The molecule has 0 unspecified atom stereocenters. The highest BCUT2D eigenvalue weighted by molar-refractivity contribution is 5.20. The second-order valence-corrected chi connectivity index (χ2v) is 4.16. The van der Waals surface area contributed by atoms with Gasteiger partial charge in [0.05, 0.1) is 26.3 Å². The quantitative estimate of drug-likeness (QED) is 0.680. The Morgan fingerprint density at radius 3 is 2.21 bits per heavy atom. The van der Waals surface area contributed by atoms with Crippen LogP contribution < -0.4 is 16.9 Å². The number of nitrogens with zero attached hydrogens (tertiary/aromatic N) is 3. The zero-order chi connectivity index (χ0) is 13.4. The molecule has 1 N–H and O–H groups in total. The molecule has 0 amide bonds. The number of fused-ring (bicyclic) bond motifs is 1. The molecule has 2 aromatic rings. The van der Waals surface area contributed by atoms with E-state index in [1.54, 1.807) is 0 Å². The monoisotopic (exact) mass is 264 g/mol. The van der Waals surface area contributed by atoms with Gasteiger partial charge in [-0.05, 0) is 6.07 Å². The van der Waals surface area contributed by atoms with Crippen LogP contribution in [0.5, 0.6) is 0 Å². The third-order valence-electron chi connectivity index (χ3n) is 3.00. The zero-order valence-electron chi connectivity index (χ0n) is 10.0. The van der Waals surface area contributed by atoms with Gasteiger partial charge in [0.25, 0.3) is 0 Å². The van der Waals surface area contributed by atoms with Crippen molar-refractivity contribution in [3.05, 3.63) is 49.5 Å². The number of aromatic nitrogens is 4. The number of pyridine rings is 1. The number of rotatable bonds is 1. The number of H-pyrrole nitrogens is 1. The smallest absolute Gasteiger partial charge is 0.353 e. The predicted molar refractivity (Wildman–Crippen MR) is 65.7 cm³/mol. The van der Waals surface area contributed by atoms with Crippen molar-refractivity contribution in [1.29, 1.82) is 0 Å². The minimum atomic E-state index is -0.475. The second kappa shape index (κ2) is 4.39. The average molecular weight is 264 g/mol. The van der Waals surface area contributed by atoms with Gasteiger partial charge in [-0.25, -0.2) is 19.0 Å². The largest absolute Gasteiger partial charge is 0.378 e. The van der Waals surface area contributed by atoms with Crippen LogP contribution >= 0.6 is 0 Å².